The molecule has 3 heteroatoms. The maximum atomic E-state index is 10.8. The largest absolute Gasteiger partial charge is 1.00 e. The zero-order chi connectivity index (χ0) is 8.27. The van der Waals surface area contributed by atoms with Crippen molar-refractivity contribution in [3.8, 4) is 5.92 Å². The van der Waals surface area contributed by atoms with Gasteiger partial charge < -0.3 is 6.42 Å². The standard InChI is InChI=1S/C10H7O.Au.H3P/c1-3-9-5-4-6-10(7-9)8(2)11;;/h4-7H,2H3;;1H3/q-1;+1;. The minimum Gasteiger partial charge on any atom is -0.366 e. The molecule has 0 spiro atoms. The first-order chi connectivity index (χ1) is 5.24. The van der Waals surface area contributed by atoms with Crippen molar-refractivity contribution in [1.82, 2.24) is 0 Å². The third kappa shape index (κ3) is 4.41. The Labute approximate surface area is 97.4 Å². The zero-order valence-corrected chi connectivity index (χ0v) is 10.8. The van der Waals surface area contributed by atoms with Crippen LogP contribution in [0.15, 0.2) is 24.3 Å². The van der Waals surface area contributed by atoms with Gasteiger partial charge in [0.2, 0.25) is 0 Å². The van der Waals surface area contributed by atoms with Gasteiger partial charge in [0, 0.05) is 5.56 Å². The van der Waals surface area contributed by atoms with Gasteiger partial charge in [0.25, 0.3) is 0 Å². The molecule has 0 saturated heterocycles. The van der Waals surface area contributed by atoms with Crippen molar-refractivity contribution in [3.63, 3.8) is 0 Å². The van der Waals surface area contributed by atoms with Crippen LogP contribution in [0.5, 0.6) is 0 Å². The van der Waals surface area contributed by atoms with E-state index < -0.39 is 0 Å². The predicted molar refractivity (Wildman–Crippen MR) is 53.8 cm³/mol. The minimum atomic E-state index is 0. The van der Waals surface area contributed by atoms with E-state index in [1.165, 1.54) is 6.92 Å². The molecule has 0 bridgehead atoms. The molecule has 72 valence electrons. The van der Waals surface area contributed by atoms with Crippen LogP contribution in [0, 0.1) is 12.3 Å². The van der Waals surface area contributed by atoms with Crippen LogP contribution in [0.2, 0.25) is 0 Å². The summed E-state index contributed by atoms with van der Waals surface area (Å²) in [4.78, 5) is 10.8. The number of carbonyl (C=O) groups is 1. The van der Waals surface area contributed by atoms with Crippen molar-refractivity contribution in [1.29, 1.82) is 0 Å². The van der Waals surface area contributed by atoms with Gasteiger partial charge in [-0.2, -0.15) is 9.90 Å². The van der Waals surface area contributed by atoms with Crippen LogP contribution in [0.1, 0.15) is 22.8 Å². The fourth-order valence-corrected chi connectivity index (χ4v) is 0.816. The van der Waals surface area contributed by atoms with E-state index in [1.54, 1.807) is 24.3 Å². The molecule has 0 N–H and O–H groups in total. The summed E-state index contributed by atoms with van der Waals surface area (Å²) in [5, 5.41) is 0. The molecule has 0 aliphatic heterocycles. The summed E-state index contributed by atoms with van der Waals surface area (Å²) in [6, 6.07) is 6.85. The molecule has 0 aliphatic rings. The molecule has 0 fully saturated rings. The molecular weight excluding hydrogens is 364 g/mol. The van der Waals surface area contributed by atoms with E-state index in [-0.39, 0.29) is 38.1 Å². The molecule has 1 atom stereocenters. The molecule has 1 unspecified atom stereocenters. The van der Waals surface area contributed by atoms with Gasteiger partial charge in [0.1, 0.15) is 0 Å². The first-order valence-electron chi connectivity index (χ1n) is 3.28. The van der Waals surface area contributed by atoms with Crippen LogP contribution in [0.4, 0.5) is 0 Å². The third-order valence-electron chi connectivity index (χ3n) is 1.41. The molecule has 1 aromatic carbocycles. The molecule has 0 amide bonds. The summed E-state index contributed by atoms with van der Waals surface area (Å²) < 4.78 is 0. The van der Waals surface area contributed by atoms with Gasteiger partial charge in [0.15, 0.2) is 5.78 Å². The molecule has 0 heterocycles. The fourth-order valence-electron chi connectivity index (χ4n) is 0.816. The predicted octanol–water partition coefficient (Wildman–Crippen LogP) is 1.88. The monoisotopic (exact) mass is 374 g/mol. The maximum Gasteiger partial charge on any atom is 1.00 e. The van der Waals surface area contributed by atoms with E-state index in [0.29, 0.717) is 11.1 Å². The summed E-state index contributed by atoms with van der Waals surface area (Å²) >= 11 is 0. The smallest absolute Gasteiger partial charge is 0.366 e. The van der Waals surface area contributed by atoms with Gasteiger partial charge in [-0.1, -0.05) is 12.1 Å². The summed E-state index contributed by atoms with van der Waals surface area (Å²) in [6.07, 6.45) is 6.82. The van der Waals surface area contributed by atoms with Gasteiger partial charge in [0.05, 0.1) is 0 Å². The van der Waals surface area contributed by atoms with Crippen molar-refractivity contribution in [3.05, 3.63) is 41.8 Å². The van der Waals surface area contributed by atoms with Crippen molar-refractivity contribution >= 4 is 15.7 Å². The second-order valence-corrected chi connectivity index (χ2v) is 2.26. The Morgan fingerprint density at radius 2 is 2.08 bits per heavy atom. The van der Waals surface area contributed by atoms with E-state index >= 15 is 0 Å². The molecule has 13 heavy (non-hydrogen) atoms. The summed E-state index contributed by atoms with van der Waals surface area (Å²) in [5.74, 6) is 2.24. The molecule has 0 aromatic heterocycles. The molecule has 1 rings (SSSR count). The molecule has 0 radical (unpaired) electrons. The van der Waals surface area contributed by atoms with Gasteiger partial charge in [-0.25, -0.2) is 0 Å². The Morgan fingerprint density at radius 1 is 1.46 bits per heavy atom. The number of rotatable bonds is 1. The zero-order valence-electron chi connectivity index (χ0n) is 7.23. The van der Waals surface area contributed by atoms with E-state index in [2.05, 4.69) is 5.92 Å². The van der Waals surface area contributed by atoms with Crippen LogP contribution in [-0.2, 0) is 22.4 Å². The van der Waals surface area contributed by atoms with Crippen LogP contribution >= 0.6 is 9.90 Å². The first kappa shape index (κ1) is 15.1. The Kier molecular flexibility index (Phi) is 8.21. The minimum absolute atomic E-state index is 0. The quantitative estimate of drug-likeness (QED) is 0.241. The Hall–Kier alpha value is -0.380. The Morgan fingerprint density at radius 3 is 2.54 bits per heavy atom. The van der Waals surface area contributed by atoms with Crippen LogP contribution in [0.3, 0.4) is 0 Å². The molecule has 0 saturated carbocycles. The Balaban J connectivity index is 0. The van der Waals surface area contributed by atoms with Crippen molar-refractivity contribution in [2.75, 3.05) is 0 Å². The van der Waals surface area contributed by atoms with Gasteiger partial charge in [-0.3, -0.25) is 10.7 Å². The van der Waals surface area contributed by atoms with Gasteiger partial charge in [-0.05, 0) is 6.92 Å². The average molecular weight is 374 g/mol. The number of carbonyl (C=O) groups excluding carboxylic acids is 1. The van der Waals surface area contributed by atoms with E-state index in [0.717, 1.165) is 0 Å². The molecule has 1 aromatic rings. The third-order valence-corrected chi connectivity index (χ3v) is 1.41. The van der Waals surface area contributed by atoms with E-state index in [9.17, 15) is 4.79 Å². The number of hydrogen-bond acceptors (Lipinski definition) is 1. The van der Waals surface area contributed by atoms with Crippen LogP contribution in [0.25, 0.3) is 0 Å². The second kappa shape index (κ2) is 7.07. The summed E-state index contributed by atoms with van der Waals surface area (Å²) in [7, 11) is 0. The topological polar surface area (TPSA) is 17.1 Å². The van der Waals surface area contributed by atoms with Gasteiger partial charge in [-0.15, -0.1) is 17.7 Å². The average Bonchev–Trinajstić information content (AvgIpc) is 2.05. The number of hydrogen-bond donors (Lipinski definition) is 0. The van der Waals surface area contributed by atoms with Gasteiger partial charge >= 0.3 is 22.4 Å². The number of Topliss-reactive ketones (excluding diaryl/α,β-unsaturated/α-hetero) is 1. The molecule has 0 aliphatic carbocycles. The van der Waals surface area contributed by atoms with Crippen LogP contribution in [-0.4, -0.2) is 5.78 Å². The van der Waals surface area contributed by atoms with E-state index in [4.69, 9.17) is 6.42 Å². The summed E-state index contributed by atoms with van der Waals surface area (Å²) in [5.41, 5.74) is 1.26. The summed E-state index contributed by atoms with van der Waals surface area (Å²) in [6.45, 7) is 1.50. The molecule has 1 nitrogen and oxygen atoms in total. The molecular formula is C10H10AuOP. The first-order valence-corrected chi connectivity index (χ1v) is 3.28. The van der Waals surface area contributed by atoms with E-state index in [1.807, 2.05) is 0 Å². The fraction of sp³-hybridized carbons (Fsp3) is 0.100. The van der Waals surface area contributed by atoms with Crippen molar-refractivity contribution in [2.45, 2.75) is 6.92 Å². The second-order valence-electron chi connectivity index (χ2n) is 2.26. The SMILES string of the molecule is P.[Au+].[C-]#Cc1cccc(C(C)=O)c1. The maximum absolute atomic E-state index is 10.8. The van der Waals surface area contributed by atoms with Crippen molar-refractivity contribution in [2.24, 2.45) is 0 Å². The van der Waals surface area contributed by atoms with Crippen molar-refractivity contribution < 1.29 is 27.2 Å². The van der Waals surface area contributed by atoms with Crippen LogP contribution < -0.4 is 0 Å². The normalized spacial score (nSPS) is 7.38. The number of ketones is 1. The Bertz CT molecular complexity index is 328. The number of benzene rings is 1.